The van der Waals surface area contributed by atoms with Crippen molar-refractivity contribution in [1.29, 1.82) is 0 Å². The second kappa shape index (κ2) is 6.49. The van der Waals surface area contributed by atoms with Gasteiger partial charge in [0, 0.05) is 30.8 Å². The second-order valence-corrected chi connectivity index (χ2v) is 6.93. The Morgan fingerprint density at radius 2 is 2.14 bits per heavy atom. The SMILES string of the molecule is CC(=O)SC1CC(=O)N(c2ccc(OC(F)(F)F)c(Br)c2)C1. The number of anilines is 1. The number of thioether (sulfide) groups is 1. The Kier molecular flexibility index (Phi) is 5.06. The lowest BCUT2D eigenvalue weighted by atomic mass is 10.3. The molecule has 0 N–H and O–H groups in total. The van der Waals surface area contributed by atoms with Crippen LogP contribution in [0.3, 0.4) is 0 Å². The van der Waals surface area contributed by atoms with Gasteiger partial charge in [0.15, 0.2) is 5.12 Å². The monoisotopic (exact) mass is 397 g/mol. The van der Waals surface area contributed by atoms with E-state index in [0.29, 0.717) is 12.2 Å². The number of benzene rings is 1. The lowest BCUT2D eigenvalue weighted by Crippen LogP contribution is -2.25. The summed E-state index contributed by atoms with van der Waals surface area (Å²) in [5.74, 6) is -0.548. The Morgan fingerprint density at radius 3 is 2.68 bits per heavy atom. The molecule has 2 rings (SSSR count). The summed E-state index contributed by atoms with van der Waals surface area (Å²) in [4.78, 5) is 24.5. The van der Waals surface area contributed by atoms with Gasteiger partial charge in [-0.15, -0.1) is 13.2 Å². The van der Waals surface area contributed by atoms with Crippen LogP contribution in [0.4, 0.5) is 18.9 Å². The molecular formula is C13H11BrF3NO3S. The zero-order chi connectivity index (χ0) is 16.5. The molecule has 1 fully saturated rings. The molecule has 1 unspecified atom stereocenters. The van der Waals surface area contributed by atoms with E-state index in [-0.39, 0.29) is 32.9 Å². The summed E-state index contributed by atoms with van der Waals surface area (Å²) in [6.45, 7) is 1.77. The Labute approximate surface area is 137 Å². The molecule has 1 aliphatic rings. The van der Waals surface area contributed by atoms with Crippen molar-refractivity contribution in [2.45, 2.75) is 25.0 Å². The summed E-state index contributed by atoms with van der Waals surface area (Å²) in [6, 6.07) is 3.91. The molecule has 0 saturated carbocycles. The quantitative estimate of drug-likeness (QED) is 0.779. The number of hydrogen-bond acceptors (Lipinski definition) is 4. The maximum Gasteiger partial charge on any atom is 0.573 e. The summed E-state index contributed by atoms with van der Waals surface area (Å²) in [5.41, 5.74) is 0.457. The second-order valence-electron chi connectivity index (χ2n) is 4.60. The van der Waals surface area contributed by atoms with E-state index in [2.05, 4.69) is 20.7 Å². The summed E-state index contributed by atoms with van der Waals surface area (Å²) in [5, 5.41) is -0.218. The zero-order valence-electron chi connectivity index (χ0n) is 11.3. The van der Waals surface area contributed by atoms with Crippen molar-refractivity contribution >= 4 is 44.4 Å². The Bertz CT molecular complexity index is 609. The molecule has 1 heterocycles. The molecule has 1 aliphatic heterocycles. The van der Waals surface area contributed by atoms with Gasteiger partial charge in [0.25, 0.3) is 0 Å². The molecule has 1 aromatic rings. The maximum absolute atomic E-state index is 12.2. The van der Waals surface area contributed by atoms with Gasteiger partial charge in [-0.05, 0) is 34.1 Å². The van der Waals surface area contributed by atoms with E-state index in [0.717, 1.165) is 17.8 Å². The van der Waals surface area contributed by atoms with E-state index in [4.69, 9.17) is 0 Å². The molecule has 1 atom stereocenters. The van der Waals surface area contributed by atoms with Gasteiger partial charge < -0.3 is 9.64 Å². The first-order chi connectivity index (χ1) is 10.2. The molecule has 1 aromatic carbocycles. The van der Waals surface area contributed by atoms with Gasteiger partial charge >= 0.3 is 6.36 Å². The van der Waals surface area contributed by atoms with Crippen LogP contribution in [0, 0.1) is 0 Å². The number of ether oxygens (including phenoxy) is 1. The maximum atomic E-state index is 12.2. The van der Waals surface area contributed by atoms with Crippen molar-refractivity contribution in [1.82, 2.24) is 0 Å². The van der Waals surface area contributed by atoms with Gasteiger partial charge in [-0.25, -0.2) is 0 Å². The standard InChI is InChI=1S/C13H11BrF3NO3S/c1-7(19)22-9-5-12(20)18(6-9)8-2-3-11(10(14)4-8)21-13(15,16)17/h2-4,9H,5-6H2,1H3. The van der Waals surface area contributed by atoms with Crippen molar-refractivity contribution in [3.05, 3.63) is 22.7 Å². The van der Waals surface area contributed by atoms with Crippen LogP contribution in [-0.2, 0) is 9.59 Å². The van der Waals surface area contributed by atoms with Crippen LogP contribution in [0.2, 0.25) is 0 Å². The van der Waals surface area contributed by atoms with Crippen LogP contribution in [0.5, 0.6) is 5.75 Å². The van der Waals surface area contributed by atoms with Crippen LogP contribution < -0.4 is 9.64 Å². The van der Waals surface area contributed by atoms with Gasteiger partial charge in [0.1, 0.15) is 5.75 Å². The van der Waals surface area contributed by atoms with E-state index in [1.807, 2.05) is 0 Å². The topological polar surface area (TPSA) is 46.6 Å². The molecule has 0 aromatic heterocycles. The summed E-state index contributed by atoms with van der Waals surface area (Å²) in [7, 11) is 0. The minimum absolute atomic E-state index is 0.0743. The average Bonchev–Trinajstić information content (AvgIpc) is 2.70. The third kappa shape index (κ3) is 4.39. The van der Waals surface area contributed by atoms with Crippen LogP contribution in [0.1, 0.15) is 13.3 Å². The molecule has 0 radical (unpaired) electrons. The van der Waals surface area contributed by atoms with Gasteiger partial charge in [-0.2, -0.15) is 0 Å². The highest BCUT2D eigenvalue weighted by atomic mass is 79.9. The van der Waals surface area contributed by atoms with Gasteiger partial charge in [-0.1, -0.05) is 11.8 Å². The first-order valence-corrected chi connectivity index (χ1v) is 7.86. The Morgan fingerprint density at radius 1 is 1.45 bits per heavy atom. The lowest BCUT2D eigenvalue weighted by Gasteiger charge is -2.18. The summed E-state index contributed by atoms with van der Waals surface area (Å²) < 4.78 is 40.6. The van der Waals surface area contributed by atoms with Gasteiger partial charge in [0.05, 0.1) is 4.47 Å². The van der Waals surface area contributed by atoms with Gasteiger partial charge in [-0.3, -0.25) is 9.59 Å². The number of halogens is 4. The van der Waals surface area contributed by atoms with E-state index in [1.54, 1.807) is 0 Å². The third-order valence-electron chi connectivity index (χ3n) is 2.88. The highest BCUT2D eigenvalue weighted by Crippen LogP contribution is 2.35. The molecule has 4 nitrogen and oxygen atoms in total. The highest BCUT2D eigenvalue weighted by Gasteiger charge is 2.34. The number of amides is 1. The number of hydrogen-bond donors (Lipinski definition) is 0. The van der Waals surface area contributed by atoms with Crippen LogP contribution in [-0.4, -0.2) is 29.2 Å². The van der Waals surface area contributed by atoms with E-state index < -0.39 is 6.36 Å². The molecule has 1 amide bonds. The van der Waals surface area contributed by atoms with Gasteiger partial charge in [0.2, 0.25) is 5.91 Å². The Hall–Kier alpha value is -1.22. The number of carbonyl (C=O) groups excluding carboxylic acids is 2. The highest BCUT2D eigenvalue weighted by molar-refractivity contribution is 9.10. The van der Waals surface area contributed by atoms with Crippen molar-refractivity contribution in [3.63, 3.8) is 0 Å². The fourth-order valence-electron chi connectivity index (χ4n) is 2.10. The smallest absolute Gasteiger partial charge is 0.405 e. The number of rotatable bonds is 3. The van der Waals surface area contributed by atoms with Crippen molar-refractivity contribution in [2.75, 3.05) is 11.4 Å². The molecule has 0 aliphatic carbocycles. The predicted octanol–water partition coefficient (Wildman–Crippen LogP) is 3.73. The van der Waals surface area contributed by atoms with Crippen molar-refractivity contribution in [2.24, 2.45) is 0 Å². The first-order valence-electron chi connectivity index (χ1n) is 6.18. The molecule has 1 saturated heterocycles. The minimum Gasteiger partial charge on any atom is -0.405 e. The van der Waals surface area contributed by atoms with Crippen molar-refractivity contribution in [3.8, 4) is 5.75 Å². The average molecular weight is 398 g/mol. The van der Waals surface area contributed by atoms with Crippen molar-refractivity contribution < 1.29 is 27.5 Å². The number of nitrogens with zero attached hydrogens (tertiary/aromatic N) is 1. The Balaban J connectivity index is 2.15. The number of carbonyl (C=O) groups is 2. The fourth-order valence-corrected chi connectivity index (χ4v) is 3.47. The molecule has 0 bridgehead atoms. The molecule has 0 spiro atoms. The third-order valence-corrected chi connectivity index (χ3v) is 4.48. The van der Waals surface area contributed by atoms with Crippen LogP contribution in [0.25, 0.3) is 0 Å². The normalized spacial score (nSPS) is 18.7. The molecule has 22 heavy (non-hydrogen) atoms. The molecular weight excluding hydrogens is 387 g/mol. The molecule has 9 heteroatoms. The first kappa shape index (κ1) is 17.1. The number of alkyl halides is 3. The zero-order valence-corrected chi connectivity index (χ0v) is 13.7. The summed E-state index contributed by atoms with van der Waals surface area (Å²) in [6.07, 6.45) is -4.56. The minimum atomic E-state index is -4.78. The van der Waals surface area contributed by atoms with E-state index in [1.165, 1.54) is 24.0 Å². The van der Waals surface area contributed by atoms with E-state index in [9.17, 15) is 22.8 Å². The molecule has 120 valence electrons. The lowest BCUT2D eigenvalue weighted by molar-refractivity contribution is -0.274. The summed E-state index contributed by atoms with van der Waals surface area (Å²) >= 11 is 4.09. The predicted molar refractivity (Wildman–Crippen MR) is 79.9 cm³/mol. The van der Waals surface area contributed by atoms with Crippen LogP contribution in [0.15, 0.2) is 22.7 Å². The largest absolute Gasteiger partial charge is 0.573 e. The van der Waals surface area contributed by atoms with E-state index >= 15 is 0 Å². The van der Waals surface area contributed by atoms with Crippen LogP contribution >= 0.6 is 27.7 Å². The fraction of sp³-hybridized carbons (Fsp3) is 0.385.